The molecule has 0 bridgehead atoms. The van der Waals surface area contributed by atoms with Crippen molar-refractivity contribution < 1.29 is 4.79 Å². The lowest BCUT2D eigenvalue weighted by molar-refractivity contribution is 0.102. The monoisotopic (exact) mass is 244 g/mol. The molecule has 0 unspecified atom stereocenters. The smallest absolute Gasteiger partial charge is 0.176 e. The Morgan fingerprint density at radius 1 is 1.24 bits per heavy atom. The predicted octanol–water partition coefficient (Wildman–Crippen LogP) is 2.76. The SMILES string of the molecule is Cc1ccccc1SCC(=O)c1cncnc1. The maximum absolute atomic E-state index is 11.8. The van der Waals surface area contributed by atoms with E-state index >= 15 is 0 Å². The number of aryl methyl sites for hydroxylation is 1. The number of thioether (sulfide) groups is 1. The molecule has 3 nitrogen and oxygen atoms in total. The minimum absolute atomic E-state index is 0.0545. The number of aromatic nitrogens is 2. The van der Waals surface area contributed by atoms with Crippen LogP contribution >= 0.6 is 11.8 Å². The molecule has 1 heterocycles. The Hall–Kier alpha value is -1.68. The van der Waals surface area contributed by atoms with Crippen LogP contribution in [0.2, 0.25) is 0 Å². The summed E-state index contributed by atoms with van der Waals surface area (Å²) in [5.41, 5.74) is 1.75. The summed E-state index contributed by atoms with van der Waals surface area (Å²) >= 11 is 1.54. The Kier molecular flexibility index (Phi) is 3.88. The highest BCUT2D eigenvalue weighted by atomic mass is 32.2. The van der Waals surface area contributed by atoms with Gasteiger partial charge in [-0.05, 0) is 18.6 Å². The van der Waals surface area contributed by atoms with Gasteiger partial charge in [-0.2, -0.15) is 0 Å². The fraction of sp³-hybridized carbons (Fsp3) is 0.154. The molecule has 0 radical (unpaired) electrons. The molecule has 1 aromatic heterocycles. The maximum atomic E-state index is 11.8. The van der Waals surface area contributed by atoms with Gasteiger partial charge in [0.05, 0.1) is 11.3 Å². The number of carbonyl (C=O) groups is 1. The summed E-state index contributed by atoms with van der Waals surface area (Å²) in [6.45, 7) is 2.04. The summed E-state index contributed by atoms with van der Waals surface area (Å²) in [7, 11) is 0. The van der Waals surface area contributed by atoms with Gasteiger partial charge in [0, 0.05) is 17.3 Å². The minimum Gasteiger partial charge on any atom is -0.293 e. The van der Waals surface area contributed by atoms with E-state index < -0.39 is 0 Å². The lowest BCUT2D eigenvalue weighted by Crippen LogP contribution is -2.03. The molecule has 1 aromatic carbocycles. The number of Topliss-reactive ketones (excluding diaryl/α,β-unsaturated/α-hetero) is 1. The van der Waals surface area contributed by atoms with E-state index in [9.17, 15) is 4.79 Å². The van der Waals surface area contributed by atoms with Crippen molar-refractivity contribution in [3.63, 3.8) is 0 Å². The van der Waals surface area contributed by atoms with Gasteiger partial charge in [0.15, 0.2) is 5.78 Å². The summed E-state index contributed by atoms with van der Waals surface area (Å²) in [6.07, 6.45) is 4.52. The zero-order chi connectivity index (χ0) is 12.1. The molecular formula is C13H12N2OS. The first-order valence-electron chi connectivity index (χ1n) is 5.24. The second kappa shape index (κ2) is 5.59. The highest BCUT2D eigenvalue weighted by Gasteiger charge is 2.07. The first-order chi connectivity index (χ1) is 8.27. The van der Waals surface area contributed by atoms with Gasteiger partial charge in [-0.3, -0.25) is 4.79 Å². The van der Waals surface area contributed by atoms with E-state index in [0.29, 0.717) is 11.3 Å². The van der Waals surface area contributed by atoms with E-state index in [0.717, 1.165) is 4.90 Å². The van der Waals surface area contributed by atoms with Crippen molar-refractivity contribution >= 4 is 17.5 Å². The molecule has 2 rings (SSSR count). The van der Waals surface area contributed by atoms with E-state index in [1.807, 2.05) is 31.2 Å². The fourth-order valence-electron chi connectivity index (χ4n) is 1.39. The van der Waals surface area contributed by atoms with Crippen molar-refractivity contribution in [1.29, 1.82) is 0 Å². The van der Waals surface area contributed by atoms with E-state index in [2.05, 4.69) is 9.97 Å². The van der Waals surface area contributed by atoms with Crippen LogP contribution < -0.4 is 0 Å². The van der Waals surface area contributed by atoms with Gasteiger partial charge in [-0.15, -0.1) is 11.8 Å². The minimum atomic E-state index is 0.0545. The van der Waals surface area contributed by atoms with Gasteiger partial charge in [0.1, 0.15) is 6.33 Å². The largest absolute Gasteiger partial charge is 0.293 e. The Morgan fingerprint density at radius 2 is 1.94 bits per heavy atom. The lowest BCUT2D eigenvalue weighted by atomic mass is 10.2. The zero-order valence-electron chi connectivity index (χ0n) is 9.46. The number of hydrogen-bond donors (Lipinski definition) is 0. The average Bonchev–Trinajstić information content (AvgIpc) is 2.38. The molecule has 86 valence electrons. The molecule has 0 saturated carbocycles. The Labute approximate surface area is 104 Å². The molecule has 0 N–H and O–H groups in total. The van der Waals surface area contributed by atoms with Crippen molar-refractivity contribution in [3.05, 3.63) is 54.1 Å². The first-order valence-corrected chi connectivity index (χ1v) is 6.22. The molecule has 2 aromatic rings. The average molecular weight is 244 g/mol. The molecule has 0 fully saturated rings. The maximum Gasteiger partial charge on any atom is 0.176 e. The number of carbonyl (C=O) groups excluding carboxylic acids is 1. The zero-order valence-corrected chi connectivity index (χ0v) is 10.3. The van der Waals surface area contributed by atoms with Crippen LogP contribution in [0.15, 0.2) is 47.9 Å². The van der Waals surface area contributed by atoms with E-state index in [1.54, 1.807) is 24.2 Å². The summed E-state index contributed by atoms with van der Waals surface area (Å²) in [6, 6.07) is 8.03. The fourth-order valence-corrected chi connectivity index (χ4v) is 2.31. The Morgan fingerprint density at radius 3 is 2.65 bits per heavy atom. The lowest BCUT2D eigenvalue weighted by Gasteiger charge is -2.04. The summed E-state index contributed by atoms with van der Waals surface area (Å²) in [5, 5.41) is 0. The van der Waals surface area contributed by atoms with Gasteiger partial charge in [-0.25, -0.2) is 9.97 Å². The highest BCUT2D eigenvalue weighted by molar-refractivity contribution is 8.00. The number of benzene rings is 1. The van der Waals surface area contributed by atoms with Crippen LogP contribution in [0.3, 0.4) is 0 Å². The number of nitrogens with zero attached hydrogens (tertiary/aromatic N) is 2. The highest BCUT2D eigenvalue weighted by Crippen LogP contribution is 2.22. The third kappa shape index (κ3) is 3.14. The van der Waals surface area contributed by atoms with Crippen molar-refractivity contribution in [1.82, 2.24) is 9.97 Å². The second-order valence-corrected chi connectivity index (χ2v) is 4.62. The second-order valence-electron chi connectivity index (χ2n) is 3.60. The summed E-state index contributed by atoms with van der Waals surface area (Å²) in [4.78, 5) is 20.6. The quantitative estimate of drug-likeness (QED) is 0.612. The van der Waals surface area contributed by atoms with Crippen molar-refractivity contribution in [3.8, 4) is 0 Å². The Bertz CT molecular complexity index is 514. The van der Waals surface area contributed by atoms with Crippen LogP contribution in [-0.4, -0.2) is 21.5 Å². The van der Waals surface area contributed by atoms with Crippen molar-refractivity contribution in [2.24, 2.45) is 0 Å². The van der Waals surface area contributed by atoms with Gasteiger partial charge in [-0.1, -0.05) is 18.2 Å². The molecule has 0 atom stereocenters. The Balaban J connectivity index is 2.00. The molecule has 17 heavy (non-hydrogen) atoms. The summed E-state index contributed by atoms with van der Waals surface area (Å²) < 4.78 is 0. The molecule has 0 aliphatic heterocycles. The molecule has 0 saturated heterocycles. The third-order valence-corrected chi connectivity index (χ3v) is 3.51. The standard InChI is InChI=1S/C13H12N2OS/c1-10-4-2-3-5-13(10)17-8-12(16)11-6-14-9-15-7-11/h2-7,9H,8H2,1H3. The first kappa shape index (κ1) is 11.8. The van der Waals surface area contributed by atoms with Gasteiger partial charge in [0.25, 0.3) is 0 Å². The molecular weight excluding hydrogens is 232 g/mol. The van der Waals surface area contributed by atoms with E-state index in [-0.39, 0.29) is 5.78 Å². The van der Waals surface area contributed by atoms with Crippen LogP contribution in [0.5, 0.6) is 0 Å². The molecule has 0 amide bonds. The molecule has 4 heteroatoms. The van der Waals surface area contributed by atoms with E-state index in [4.69, 9.17) is 0 Å². The summed E-state index contributed by atoms with van der Waals surface area (Å²) in [5.74, 6) is 0.469. The third-order valence-electron chi connectivity index (χ3n) is 2.33. The van der Waals surface area contributed by atoms with Crippen LogP contribution in [0, 0.1) is 6.92 Å². The number of rotatable bonds is 4. The molecule has 0 aliphatic carbocycles. The number of ketones is 1. The van der Waals surface area contributed by atoms with Crippen molar-refractivity contribution in [2.45, 2.75) is 11.8 Å². The van der Waals surface area contributed by atoms with Crippen LogP contribution in [-0.2, 0) is 0 Å². The van der Waals surface area contributed by atoms with Crippen LogP contribution in [0.25, 0.3) is 0 Å². The topological polar surface area (TPSA) is 42.9 Å². The van der Waals surface area contributed by atoms with Crippen molar-refractivity contribution in [2.75, 3.05) is 5.75 Å². The van der Waals surface area contributed by atoms with Gasteiger partial charge < -0.3 is 0 Å². The molecule has 0 aliphatic rings. The van der Waals surface area contributed by atoms with Crippen LogP contribution in [0.4, 0.5) is 0 Å². The van der Waals surface area contributed by atoms with Gasteiger partial charge in [0.2, 0.25) is 0 Å². The normalized spacial score (nSPS) is 10.2. The van der Waals surface area contributed by atoms with Crippen LogP contribution in [0.1, 0.15) is 15.9 Å². The number of hydrogen-bond acceptors (Lipinski definition) is 4. The van der Waals surface area contributed by atoms with Gasteiger partial charge >= 0.3 is 0 Å². The predicted molar refractivity (Wildman–Crippen MR) is 68.3 cm³/mol. The molecule has 0 spiro atoms. The van der Waals surface area contributed by atoms with E-state index in [1.165, 1.54) is 11.9 Å².